The van der Waals surface area contributed by atoms with Gasteiger partial charge in [-0.05, 0) is 26.0 Å². The molecule has 1 aliphatic rings. The highest BCUT2D eigenvalue weighted by molar-refractivity contribution is 5.79. The summed E-state index contributed by atoms with van der Waals surface area (Å²) in [6.45, 7) is 4.45. The molecular formula is C11H13NO2. The van der Waals surface area contributed by atoms with Gasteiger partial charge in [-0.1, -0.05) is 5.57 Å². The van der Waals surface area contributed by atoms with Crippen molar-refractivity contribution in [3.63, 3.8) is 0 Å². The van der Waals surface area contributed by atoms with Crippen LogP contribution in [0.1, 0.15) is 19.4 Å². The van der Waals surface area contributed by atoms with E-state index in [0.717, 1.165) is 22.4 Å². The first-order chi connectivity index (χ1) is 6.59. The number of aromatic hydroxyl groups is 1. The fraction of sp³-hybridized carbons (Fsp3) is 0.273. The van der Waals surface area contributed by atoms with Gasteiger partial charge in [0.25, 0.3) is 0 Å². The summed E-state index contributed by atoms with van der Waals surface area (Å²) in [7, 11) is 0. The van der Waals surface area contributed by atoms with Gasteiger partial charge in [-0.15, -0.1) is 0 Å². The van der Waals surface area contributed by atoms with E-state index in [2.05, 4.69) is 0 Å². The minimum atomic E-state index is 0.149. The number of fused-ring (bicyclic) bond motifs is 1. The van der Waals surface area contributed by atoms with Crippen LogP contribution in [0.2, 0.25) is 0 Å². The summed E-state index contributed by atoms with van der Waals surface area (Å²) in [6.07, 6.45) is 0. The van der Waals surface area contributed by atoms with Crippen LogP contribution in [0, 0.1) is 5.21 Å². The molecule has 0 aromatic heterocycles. The predicted molar refractivity (Wildman–Crippen MR) is 55.2 cm³/mol. The fourth-order valence-electron chi connectivity index (χ4n) is 1.82. The number of nitrogens with one attached hydrogen (secondary N) is 1. The van der Waals surface area contributed by atoms with Crippen LogP contribution in [0.5, 0.6) is 5.75 Å². The van der Waals surface area contributed by atoms with Gasteiger partial charge in [0, 0.05) is 17.2 Å². The van der Waals surface area contributed by atoms with E-state index in [-0.39, 0.29) is 10.8 Å². The third-order valence-corrected chi connectivity index (χ3v) is 2.57. The van der Waals surface area contributed by atoms with Gasteiger partial charge in [-0.3, -0.25) is 0 Å². The molecule has 0 bridgehead atoms. The van der Waals surface area contributed by atoms with E-state index in [1.165, 1.54) is 0 Å². The molecule has 1 aromatic carbocycles. The molecule has 1 heterocycles. The minimum Gasteiger partial charge on any atom is -0.629 e. The standard InChI is InChI=1S/C11H13NO2/c1-7(2)10-6-12(14)11-4-3-8(13)5-9(10)11/h3-5,12-13H,6H2,1-2H3. The van der Waals surface area contributed by atoms with E-state index in [9.17, 15) is 10.3 Å². The molecule has 2 rings (SSSR count). The van der Waals surface area contributed by atoms with Crippen LogP contribution in [-0.2, 0) is 0 Å². The second-order valence-electron chi connectivity index (χ2n) is 3.81. The molecule has 14 heavy (non-hydrogen) atoms. The van der Waals surface area contributed by atoms with Crippen molar-refractivity contribution in [3.8, 4) is 5.75 Å². The largest absolute Gasteiger partial charge is 0.629 e. The SMILES string of the molecule is CC(C)=C1C[NH+]([O-])c2ccc(O)cc21. The topological polar surface area (TPSA) is 47.7 Å². The van der Waals surface area contributed by atoms with Gasteiger partial charge in [-0.2, -0.15) is 0 Å². The normalized spacial score (nSPS) is 19.6. The second kappa shape index (κ2) is 3.12. The Balaban J connectivity index is 2.63. The fourth-order valence-corrected chi connectivity index (χ4v) is 1.82. The molecule has 0 radical (unpaired) electrons. The molecule has 1 unspecified atom stereocenters. The summed E-state index contributed by atoms with van der Waals surface area (Å²) in [4.78, 5) is 0. The van der Waals surface area contributed by atoms with E-state index in [4.69, 9.17) is 0 Å². The maximum Gasteiger partial charge on any atom is 0.139 e. The van der Waals surface area contributed by atoms with E-state index in [1.807, 2.05) is 13.8 Å². The van der Waals surface area contributed by atoms with Crippen molar-refractivity contribution in [2.24, 2.45) is 0 Å². The van der Waals surface area contributed by atoms with Gasteiger partial charge in [0.2, 0.25) is 0 Å². The van der Waals surface area contributed by atoms with Gasteiger partial charge in [0.05, 0.1) is 0 Å². The van der Waals surface area contributed by atoms with Crippen molar-refractivity contribution in [3.05, 3.63) is 34.5 Å². The minimum absolute atomic E-state index is 0.149. The maximum atomic E-state index is 11.6. The molecule has 0 saturated carbocycles. The number of phenolic OH excluding ortho intramolecular Hbond substituents is 1. The van der Waals surface area contributed by atoms with Gasteiger partial charge >= 0.3 is 0 Å². The molecule has 0 spiro atoms. The first kappa shape index (κ1) is 9.24. The number of allylic oxidation sites excluding steroid dienone is 1. The highest BCUT2D eigenvalue weighted by Crippen LogP contribution is 2.30. The average molecular weight is 191 g/mol. The Hall–Kier alpha value is -1.32. The van der Waals surface area contributed by atoms with Crippen molar-refractivity contribution in [1.82, 2.24) is 0 Å². The molecule has 0 aliphatic carbocycles. The third-order valence-electron chi connectivity index (χ3n) is 2.57. The number of quaternary nitrogens is 1. The zero-order chi connectivity index (χ0) is 10.3. The summed E-state index contributed by atoms with van der Waals surface area (Å²) in [6, 6.07) is 4.93. The second-order valence-corrected chi connectivity index (χ2v) is 3.81. The van der Waals surface area contributed by atoms with Crippen LogP contribution < -0.4 is 5.06 Å². The number of hydrogen-bond acceptors (Lipinski definition) is 2. The number of phenols is 1. The Morgan fingerprint density at radius 3 is 2.79 bits per heavy atom. The Morgan fingerprint density at radius 2 is 2.14 bits per heavy atom. The van der Waals surface area contributed by atoms with Crippen molar-refractivity contribution in [2.45, 2.75) is 13.8 Å². The molecule has 0 saturated heterocycles. The van der Waals surface area contributed by atoms with Gasteiger partial charge in [0.1, 0.15) is 18.0 Å². The Kier molecular flexibility index (Phi) is 2.06. The lowest BCUT2D eigenvalue weighted by molar-refractivity contribution is -0.762. The molecule has 2 N–H and O–H groups in total. The molecule has 3 heteroatoms. The number of benzene rings is 1. The van der Waals surface area contributed by atoms with Crippen LogP contribution in [0.25, 0.3) is 5.57 Å². The van der Waals surface area contributed by atoms with E-state index in [0.29, 0.717) is 6.54 Å². The first-order valence-corrected chi connectivity index (χ1v) is 4.62. The van der Waals surface area contributed by atoms with Crippen molar-refractivity contribution in [1.29, 1.82) is 0 Å². The van der Waals surface area contributed by atoms with Gasteiger partial charge < -0.3 is 15.4 Å². The highest BCUT2D eigenvalue weighted by atomic mass is 16.5. The molecule has 0 fully saturated rings. The summed E-state index contributed by atoms with van der Waals surface area (Å²) < 4.78 is 0. The van der Waals surface area contributed by atoms with E-state index in [1.54, 1.807) is 18.2 Å². The molecular weight excluding hydrogens is 178 g/mol. The van der Waals surface area contributed by atoms with Gasteiger partial charge in [0.15, 0.2) is 0 Å². The zero-order valence-corrected chi connectivity index (χ0v) is 8.29. The van der Waals surface area contributed by atoms with Crippen LogP contribution in [0.15, 0.2) is 23.8 Å². The number of hydrogen-bond donors (Lipinski definition) is 2. The molecule has 0 amide bonds. The first-order valence-electron chi connectivity index (χ1n) is 4.62. The lowest BCUT2D eigenvalue weighted by atomic mass is 10.0. The Morgan fingerprint density at radius 1 is 1.43 bits per heavy atom. The van der Waals surface area contributed by atoms with Crippen molar-refractivity contribution >= 4 is 11.3 Å². The third kappa shape index (κ3) is 1.31. The molecule has 74 valence electrons. The van der Waals surface area contributed by atoms with Crippen molar-refractivity contribution in [2.75, 3.05) is 6.54 Å². The van der Waals surface area contributed by atoms with E-state index >= 15 is 0 Å². The van der Waals surface area contributed by atoms with Crippen molar-refractivity contribution < 1.29 is 10.2 Å². The quantitative estimate of drug-likeness (QED) is 0.478. The predicted octanol–water partition coefficient (Wildman–Crippen LogP) is 1.21. The van der Waals surface area contributed by atoms with Crippen LogP contribution in [-0.4, -0.2) is 11.7 Å². The van der Waals surface area contributed by atoms with Gasteiger partial charge in [-0.25, -0.2) is 0 Å². The molecule has 1 aromatic rings. The summed E-state index contributed by atoms with van der Waals surface area (Å²) >= 11 is 0. The molecule has 1 atom stereocenters. The van der Waals surface area contributed by atoms with Crippen LogP contribution >= 0.6 is 0 Å². The van der Waals surface area contributed by atoms with Crippen LogP contribution in [0.3, 0.4) is 0 Å². The zero-order valence-electron chi connectivity index (χ0n) is 8.29. The average Bonchev–Trinajstić information content (AvgIpc) is 2.43. The number of hydroxylamine groups is 1. The number of rotatable bonds is 0. The maximum absolute atomic E-state index is 11.6. The van der Waals surface area contributed by atoms with Crippen LogP contribution in [0.4, 0.5) is 5.69 Å². The summed E-state index contributed by atoms with van der Waals surface area (Å²) in [5.41, 5.74) is 3.83. The lowest BCUT2D eigenvalue weighted by Crippen LogP contribution is -3.00. The Labute approximate surface area is 82.9 Å². The molecule has 1 aliphatic heterocycles. The lowest BCUT2D eigenvalue weighted by Gasteiger charge is -2.14. The monoisotopic (exact) mass is 191 g/mol. The summed E-state index contributed by atoms with van der Waals surface area (Å²) in [5.74, 6) is 0.220. The Bertz CT molecular complexity index is 406. The van der Waals surface area contributed by atoms with E-state index < -0.39 is 0 Å². The molecule has 3 nitrogen and oxygen atoms in total. The highest BCUT2D eigenvalue weighted by Gasteiger charge is 2.24. The smallest absolute Gasteiger partial charge is 0.139 e. The summed E-state index contributed by atoms with van der Waals surface area (Å²) in [5, 5.41) is 21.1.